The molecular formula is C13H22N2O4. The van der Waals surface area contributed by atoms with E-state index >= 15 is 0 Å². The molecule has 2 rings (SSSR count). The molecule has 0 aromatic rings. The van der Waals surface area contributed by atoms with Gasteiger partial charge in [0.15, 0.2) is 0 Å². The molecule has 0 radical (unpaired) electrons. The van der Waals surface area contributed by atoms with E-state index in [2.05, 4.69) is 10.6 Å². The molecule has 6 heteroatoms. The van der Waals surface area contributed by atoms with Crippen molar-refractivity contribution >= 4 is 12.0 Å². The summed E-state index contributed by atoms with van der Waals surface area (Å²) < 4.78 is 0. The van der Waals surface area contributed by atoms with Crippen LogP contribution in [-0.2, 0) is 4.79 Å². The molecule has 2 fully saturated rings. The van der Waals surface area contributed by atoms with Crippen molar-refractivity contribution < 1.29 is 19.8 Å². The fourth-order valence-electron chi connectivity index (χ4n) is 2.60. The topological polar surface area (TPSA) is 98.7 Å². The number of aliphatic hydroxyl groups excluding tert-OH is 1. The molecule has 4 N–H and O–H groups in total. The van der Waals surface area contributed by atoms with Crippen LogP contribution in [0, 0.1) is 17.8 Å². The second-order valence-electron chi connectivity index (χ2n) is 5.59. The van der Waals surface area contributed by atoms with E-state index in [-0.39, 0.29) is 37.6 Å². The number of carbonyl (C=O) groups is 2. The Balaban J connectivity index is 1.79. The summed E-state index contributed by atoms with van der Waals surface area (Å²) in [7, 11) is 0. The van der Waals surface area contributed by atoms with Crippen molar-refractivity contribution in [2.24, 2.45) is 17.8 Å². The van der Waals surface area contributed by atoms with Crippen LogP contribution < -0.4 is 10.6 Å². The van der Waals surface area contributed by atoms with Crippen molar-refractivity contribution in [3.05, 3.63) is 0 Å². The zero-order valence-electron chi connectivity index (χ0n) is 11.0. The van der Waals surface area contributed by atoms with Crippen molar-refractivity contribution in [3.63, 3.8) is 0 Å². The van der Waals surface area contributed by atoms with Crippen LogP contribution in [-0.4, -0.2) is 41.4 Å². The van der Waals surface area contributed by atoms with Crippen molar-refractivity contribution in [2.45, 2.75) is 38.1 Å². The van der Waals surface area contributed by atoms with E-state index in [0.717, 1.165) is 25.7 Å². The number of aliphatic carboxylic acids is 1. The molecule has 108 valence electrons. The summed E-state index contributed by atoms with van der Waals surface area (Å²) in [4.78, 5) is 22.1. The summed E-state index contributed by atoms with van der Waals surface area (Å²) in [5.41, 5.74) is 0. The summed E-state index contributed by atoms with van der Waals surface area (Å²) in [6.07, 6.45) is 4.40. The van der Waals surface area contributed by atoms with Crippen LogP contribution in [0.4, 0.5) is 4.79 Å². The lowest BCUT2D eigenvalue weighted by atomic mass is 9.92. The number of carbonyl (C=O) groups excluding carboxylic acids is 1. The van der Waals surface area contributed by atoms with Gasteiger partial charge in [0.2, 0.25) is 0 Å². The molecule has 2 unspecified atom stereocenters. The van der Waals surface area contributed by atoms with Gasteiger partial charge in [0.1, 0.15) is 0 Å². The second kappa shape index (κ2) is 6.23. The highest BCUT2D eigenvalue weighted by atomic mass is 16.4. The normalized spacial score (nSPS) is 21.5. The monoisotopic (exact) mass is 270 g/mol. The lowest BCUT2D eigenvalue weighted by Gasteiger charge is -2.26. The van der Waals surface area contributed by atoms with Crippen molar-refractivity contribution in [1.82, 2.24) is 10.6 Å². The van der Waals surface area contributed by atoms with E-state index < -0.39 is 5.97 Å². The van der Waals surface area contributed by atoms with Gasteiger partial charge in [-0.05, 0) is 37.5 Å². The molecule has 0 heterocycles. The zero-order chi connectivity index (χ0) is 13.8. The largest absolute Gasteiger partial charge is 0.481 e. The second-order valence-corrected chi connectivity index (χ2v) is 5.59. The Morgan fingerprint density at radius 3 is 2.26 bits per heavy atom. The Bertz CT molecular complexity index is 340. The molecule has 0 spiro atoms. The van der Waals surface area contributed by atoms with Gasteiger partial charge in [-0.15, -0.1) is 0 Å². The molecule has 0 bridgehead atoms. The van der Waals surface area contributed by atoms with Gasteiger partial charge in [-0.25, -0.2) is 4.79 Å². The molecule has 19 heavy (non-hydrogen) atoms. The maximum absolute atomic E-state index is 11.7. The van der Waals surface area contributed by atoms with Gasteiger partial charge >= 0.3 is 12.0 Å². The van der Waals surface area contributed by atoms with E-state index in [0.29, 0.717) is 11.8 Å². The molecule has 0 saturated heterocycles. The number of aliphatic hydroxyl groups is 1. The van der Waals surface area contributed by atoms with Crippen LogP contribution in [0.5, 0.6) is 0 Å². The van der Waals surface area contributed by atoms with E-state index in [1.165, 1.54) is 0 Å². The SMILES string of the molecule is O=C(O)CCNC(=O)NC(C1CC1)C(CO)C1CC1. The van der Waals surface area contributed by atoms with E-state index in [1.54, 1.807) is 0 Å². The minimum atomic E-state index is -0.926. The highest BCUT2D eigenvalue weighted by Crippen LogP contribution is 2.44. The molecule has 2 atom stereocenters. The standard InChI is InChI=1S/C13H22N2O4/c16-7-10(8-1-2-8)12(9-3-4-9)15-13(19)14-6-5-11(17)18/h8-10,12,16H,1-7H2,(H,17,18)(H2,14,15,19). The number of carboxylic acids is 1. The van der Waals surface area contributed by atoms with Crippen LogP contribution in [0.1, 0.15) is 32.1 Å². The molecule has 2 aliphatic rings. The summed E-state index contributed by atoms with van der Waals surface area (Å²) in [6.45, 7) is 0.243. The summed E-state index contributed by atoms with van der Waals surface area (Å²) in [5.74, 6) is 0.237. The molecular weight excluding hydrogens is 248 g/mol. The maximum atomic E-state index is 11.7. The highest BCUT2D eigenvalue weighted by molar-refractivity contribution is 5.75. The van der Waals surface area contributed by atoms with Crippen molar-refractivity contribution in [2.75, 3.05) is 13.2 Å². The third-order valence-electron chi connectivity index (χ3n) is 3.95. The quantitative estimate of drug-likeness (QED) is 0.518. The van der Waals surface area contributed by atoms with Crippen LogP contribution in [0.15, 0.2) is 0 Å². The predicted octanol–water partition coefficient (Wildman–Crippen LogP) is 0.557. The Morgan fingerprint density at radius 1 is 1.16 bits per heavy atom. The first-order chi connectivity index (χ1) is 9.11. The predicted molar refractivity (Wildman–Crippen MR) is 68.6 cm³/mol. The van der Waals surface area contributed by atoms with Gasteiger partial charge in [0.25, 0.3) is 0 Å². The Labute approximate surface area is 112 Å². The third kappa shape index (κ3) is 4.38. The molecule has 0 aliphatic heterocycles. The zero-order valence-corrected chi connectivity index (χ0v) is 11.0. The number of hydrogen-bond acceptors (Lipinski definition) is 3. The van der Waals surface area contributed by atoms with Gasteiger partial charge in [0, 0.05) is 25.1 Å². The van der Waals surface area contributed by atoms with Gasteiger partial charge in [-0.3, -0.25) is 4.79 Å². The van der Waals surface area contributed by atoms with E-state index in [1.807, 2.05) is 0 Å². The molecule has 2 saturated carbocycles. The average Bonchev–Trinajstić information content (AvgIpc) is 3.21. The molecule has 2 amide bonds. The molecule has 0 aromatic carbocycles. The Hall–Kier alpha value is -1.30. The average molecular weight is 270 g/mol. The molecule has 2 aliphatic carbocycles. The first-order valence-electron chi connectivity index (χ1n) is 6.99. The van der Waals surface area contributed by atoms with Gasteiger partial charge in [-0.2, -0.15) is 0 Å². The first kappa shape index (κ1) is 14.1. The molecule has 6 nitrogen and oxygen atoms in total. The number of urea groups is 1. The molecule has 0 aromatic heterocycles. The number of carboxylic acid groups (broad SMARTS) is 1. The van der Waals surface area contributed by atoms with Crippen LogP contribution in [0.25, 0.3) is 0 Å². The Morgan fingerprint density at radius 2 is 1.79 bits per heavy atom. The Kier molecular flexibility index (Phi) is 4.63. The fourth-order valence-corrected chi connectivity index (χ4v) is 2.60. The fraction of sp³-hybridized carbons (Fsp3) is 0.846. The smallest absolute Gasteiger partial charge is 0.315 e. The number of rotatable bonds is 8. The van der Waals surface area contributed by atoms with Crippen molar-refractivity contribution in [3.8, 4) is 0 Å². The highest BCUT2D eigenvalue weighted by Gasteiger charge is 2.43. The summed E-state index contributed by atoms with van der Waals surface area (Å²) >= 11 is 0. The van der Waals surface area contributed by atoms with Crippen LogP contribution in [0.3, 0.4) is 0 Å². The van der Waals surface area contributed by atoms with E-state index in [9.17, 15) is 14.7 Å². The van der Waals surface area contributed by atoms with Crippen LogP contribution >= 0.6 is 0 Å². The summed E-state index contributed by atoms with van der Waals surface area (Å²) in [5, 5.41) is 23.5. The van der Waals surface area contributed by atoms with Gasteiger partial charge < -0.3 is 20.8 Å². The van der Waals surface area contributed by atoms with E-state index in [4.69, 9.17) is 5.11 Å². The third-order valence-corrected chi connectivity index (χ3v) is 3.95. The number of amides is 2. The minimum Gasteiger partial charge on any atom is -0.481 e. The van der Waals surface area contributed by atoms with Gasteiger partial charge in [-0.1, -0.05) is 0 Å². The summed E-state index contributed by atoms with van der Waals surface area (Å²) in [6, 6.07) is -0.292. The lowest BCUT2D eigenvalue weighted by Crippen LogP contribution is -2.48. The number of hydrogen-bond donors (Lipinski definition) is 4. The van der Waals surface area contributed by atoms with Crippen LogP contribution in [0.2, 0.25) is 0 Å². The lowest BCUT2D eigenvalue weighted by molar-refractivity contribution is -0.136. The number of nitrogens with one attached hydrogen (secondary N) is 2. The minimum absolute atomic E-state index is 0.0299. The van der Waals surface area contributed by atoms with Crippen molar-refractivity contribution in [1.29, 1.82) is 0 Å². The van der Waals surface area contributed by atoms with Gasteiger partial charge in [0.05, 0.1) is 6.42 Å². The first-order valence-corrected chi connectivity index (χ1v) is 6.99. The maximum Gasteiger partial charge on any atom is 0.315 e.